The maximum absolute atomic E-state index is 13.8. The first-order chi connectivity index (χ1) is 17.0. The lowest BCUT2D eigenvalue weighted by molar-refractivity contribution is -0.147. The minimum atomic E-state index is -0.896. The van der Waals surface area contributed by atoms with Crippen LogP contribution in [0.1, 0.15) is 75.3 Å². The number of nitrogens with one attached hydrogen (secondary N) is 1. The summed E-state index contributed by atoms with van der Waals surface area (Å²) in [7, 11) is 0. The largest absolute Gasteiger partial charge is 0.481 e. The molecule has 3 unspecified atom stereocenters. The lowest BCUT2D eigenvalue weighted by Crippen LogP contribution is -2.41. The molecule has 190 valence electrons. The maximum Gasteiger partial charge on any atom is 0.307 e. The summed E-state index contributed by atoms with van der Waals surface area (Å²) in [5.74, 6) is -2.77. The molecule has 1 aromatic heterocycles. The van der Waals surface area contributed by atoms with Crippen LogP contribution in [0, 0.1) is 11.8 Å². The van der Waals surface area contributed by atoms with Crippen molar-refractivity contribution in [3.8, 4) is 0 Å². The molecule has 0 aliphatic heterocycles. The number of unbranched alkanes of at least 4 members (excludes halogenated alkanes) is 6. The second-order valence-electron chi connectivity index (χ2n) is 9.17. The Morgan fingerprint density at radius 2 is 1.63 bits per heavy atom. The first-order valence-electron chi connectivity index (χ1n) is 12.6. The van der Waals surface area contributed by atoms with E-state index in [1.807, 2.05) is 36.8 Å². The van der Waals surface area contributed by atoms with E-state index in [4.69, 9.17) is 0 Å². The number of aromatic nitrogens is 2. The van der Waals surface area contributed by atoms with E-state index in [1.54, 1.807) is 0 Å². The van der Waals surface area contributed by atoms with E-state index >= 15 is 0 Å². The van der Waals surface area contributed by atoms with Crippen LogP contribution in [0.5, 0.6) is 0 Å². The van der Waals surface area contributed by atoms with Crippen LogP contribution in [0.15, 0.2) is 40.6 Å². The second-order valence-corrected chi connectivity index (χ2v) is 10.8. The predicted molar refractivity (Wildman–Crippen MR) is 144 cm³/mol. The third-order valence-electron chi connectivity index (χ3n) is 6.90. The van der Waals surface area contributed by atoms with Crippen LogP contribution in [-0.4, -0.2) is 39.5 Å². The number of fused-ring (bicyclic) bond motifs is 1. The Morgan fingerprint density at radius 3 is 2.26 bits per heavy atom. The number of carboxylic acid groups (broad SMARTS) is 1. The molecular formula is C27H37N3O3S2. The summed E-state index contributed by atoms with van der Waals surface area (Å²) < 4.78 is 0. The molecule has 0 saturated heterocycles. The van der Waals surface area contributed by atoms with E-state index in [0.717, 1.165) is 30.4 Å². The standard InChI is InChI=1S/C27H37N3O3S2/c1-4-5-6-7-8-9-10-14-19-16-18-13-11-12-15-20(18)22(21(19)27(32)33)24(31)30-23-25(34-2)28-17-29-26(23)35-3/h11-13,15,17,19,21-22H,4-10,14,16H2,1-3H3,(H,30,31)(H,32,33). The molecule has 0 spiro atoms. The van der Waals surface area contributed by atoms with Crippen molar-refractivity contribution in [1.29, 1.82) is 0 Å². The lowest BCUT2D eigenvalue weighted by atomic mass is 9.67. The van der Waals surface area contributed by atoms with E-state index in [1.165, 1.54) is 62.0 Å². The number of aliphatic carboxylic acids is 1. The number of carbonyl (C=O) groups is 2. The summed E-state index contributed by atoms with van der Waals surface area (Å²) in [6.07, 6.45) is 15.1. The van der Waals surface area contributed by atoms with Crippen molar-refractivity contribution in [3.63, 3.8) is 0 Å². The van der Waals surface area contributed by atoms with Crippen LogP contribution < -0.4 is 5.32 Å². The normalized spacial score (nSPS) is 19.2. The number of nitrogens with zero attached hydrogens (tertiary/aromatic N) is 2. The van der Waals surface area contributed by atoms with Crippen LogP contribution in [0.4, 0.5) is 5.69 Å². The zero-order valence-corrected chi connectivity index (χ0v) is 22.6. The molecule has 8 heteroatoms. The smallest absolute Gasteiger partial charge is 0.307 e. The Kier molecular flexibility index (Phi) is 10.9. The van der Waals surface area contributed by atoms with E-state index < -0.39 is 17.8 Å². The van der Waals surface area contributed by atoms with Gasteiger partial charge < -0.3 is 10.4 Å². The fourth-order valence-electron chi connectivity index (χ4n) is 5.16. The molecule has 1 heterocycles. The molecule has 2 aromatic rings. The van der Waals surface area contributed by atoms with Gasteiger partial charge in [-0.15, -0.1) is 23.5 Å². The van der Waals surface area contributed by atoms with Gasteiger partial charge in [0.25, 0.3) is 0 Å². The Labute approximate surface area is 217 Å². The highest BCUT2D eigenvalue weighted by Crippen LogP contribution is 2.43. The van der Waals surface area contributed by atoms with Gasteiger partial charge in [-0.3, -0.25) is 9.59 Å². The SMILES string of the molecule is CCCCCCCCCC1Cc2ccccc2C(C(=O)Nc2c(SC)ncnc2SC)C1C(=O)O. The minimum Gasteiger partial charge on any atom is -0.481 e. The summed E-state index contributed by atoms with van der Waals surface area (Å²) in [6.45, 7) is 2.22. The monoisotopic (exact) mass is 515 g/mol. The summed E-state index contributed by atoms with van der Waals surface area (Å²) in [4.78, 5) is 34.9. The number of rotatable bonds is 13. The molecule has 6 nitrogen and oxygen atoms in total. The fraction of sp³-hybridized carbons (Fsp3) is 0.556. The molecule has 1 aliphatic rings. The van der Waals surface area contributed by atoms with Gasteiger partial charge in [0.15, 0.2) is 0 Å². The van der Waals surface area contributed by atoms with Gasteiger partial charge in [-0.05, 0) is 42.4 Å². The van der Waals surface area contributed by atoms with Crippen molar-refractivity contribution >= 4 is 41.1 Å². The molecule has 0 radical (unpaired) electrons. The van der Waals surface area contributed by atoms with Crippen molar-refractivity contribution in [2.24, 2.45) is 11.8 Å². The van der Waals surface area contributed by atoms with Crippen molar-refractivity contribution in [2.45, 2.75) is 80.7 Å². The third-order valence-corrected chi connectivity index (χ3v) is 8.29. The topological polar surface area (TPSA) is 92.2 Å². The number of benzene rings is 1. The van der Waals surface area contributed by atoms with Crippen LogP contribution >= 0.6 is 23.5 Å². The van der Waals surface area contributed by atoms with Gasteiger partial charge in [-0.2, -0.15) is 0 Å². The van der Waals surface area contributed by atoms with Gasteiger partial charge in [-0.1, -0.05) is 76.1 Å². The summed E-state index contributed by atoms with van der Waals surface area (Å²) in [5, 5.41) is 14.7. The van der Waals surface area contributed by atoms with Crippen molar-refractivity contribution in [1.82, 2.24) is 9.97 Å². The third kappa shape index (κ3) is 7.00. The minimum absolute atomic E-state index is 0.0687. The van der Waals surface area contributed by atoms with E-state index in [0.29, 0.717) is 22.2 Å². The number of carboxylic acids is 1. The van der Waals surface area contributed by atoms with Gasteiger partial charge in [0, 0.05) is 0 Å². The molecule has 3 atom stereocenters. The summed E-state index contributed by atoms with van der Waals surface area (Å²) in [5.41, 5.74) is 2.47. The van der Waals surface area contributed by atoms with Crippen molar-refractivity contribution in [3.05, 3.63) is 41.7 Å². The van der Waals surface area contributed by atoms with Gasteiger partial charge in [0.1, 0.15) is 22.1 Å². The maximum atomic E-state index is 13.8. The number of thioether (sulfide) groups is 2. The second kappa shape index (κ2) is 13.9. The molecule has 0 saturated carbocycles. The van der Waals surface area contributed by atoms with Crippen LogP contribution in [0.2, 0.25) is 0 Å². The number of carbonyl (C=O) groups excluding carboxylic acids is 1. The predicted octanol–water partition coefficient (Wildman–Crippen LogP) is 6.66. The first kappa shape index (κ1) is 27.5. The molecule has 0 fully saturated rings. The Morgan fingerprint density at radius 1 is 1.00 bits per heavy atom. The highest BCUT2D eigenvalue weighted by atomic mass is 32.2. The molecule has 1 aromatic carbocycles. The summed E-state index contributed by atoms with van der Waals surface area (Å²) in [6, 6.07) is 7.81. The molecule has 1 amide bonds. The van der Waals surface area contributed by atoms with Crippen LogP contribution in [0.25, 0.3) is 0 Å². The molecule has 2 N–H and O–H groups in total. The van der Waals surface area contributed by atoms with Gasteiger partial charge in [0.2, 0.25) is 5.91 Å². The highest BCUT2D eigenvalue weighted by molar-refractivity contribution is 7.99. The molecular weight excluding hydrogens is 478 g/mol. The Bertz CT molecular complexity index is 979. The van der Waals surface area contributed by atoms with Crippen LogP contribution in [-0.2, 0) is 16.0 Å². The number of hydrogen-bond donors (Lipinski definition) is 2. The summed E-state index contributed by atoms with van der Waals surface area (Å²) >= 11 is 2.86. The van der Waals surface area contributed by atoms with Gasteiger partial charge in [-0.25, -0.2) is 9.97 Å². The molecule has 35 heavy (non-hydrogen) atoms. The molecule has 3 rings (SSSR count). The van der Waals surface area contributed by atoms with Crippen molar-refractivity contribution < 1.29 is 14.7 Å². The zero-order valence-electron chi connectivity index (χ0n) is 21.0. The van der Waals surface area contributed by atoms with Gasteiger partial charge in [0.05, 0.1) is 11.8 Å². The fourth-order valence-corrected chi connectivity index (χ4v) is 6.24. The average molecular weight is 516 g/mol. The highest BCUT2D eigenvalue weighted by Gasteiger charge is 2.44. The first-order valence-corrected chi connectivity index (χ1v) is 15.0. The quantitative estimate of drug-likeness (QED) is 0.175. The molecule has 0 bridgehead atoms. The number of hydrogen-bond acceptors (Lipinski definition) is 6. The van der Waals surface area contributed by atoms with Crippen LogP contribution in [0.3, 0.4) is 0 Å². The number of amides is 1. The Hall–Kier alpha value is -2.06. The molecule has 1 aliphatic carbocycles. The van der Waals surface area contributed by atoms with Gasteiger partial charge >= 0.3 is 5.97 Å². The average Bonchev–Trinajstić information content (AvgIpc) is 2.87. The van der Waals surface area contributed by atoms with E-state index in [-0.39, 0.29) is 11.8 Å². The van der Waals surface area contributed by atoms with Crippen molar-refractivity contribution in [2.75, 3.05) is 17.8 Å². The van der Waals surface area contributed by atoms with E-state index in [2.05, 4.69) is 22.2 Å². The zero-order chi connectivity index (χ0) is 25.2. The Balaban J connectivity index is 1.83. The lowest BCUT2D eigenvalue weighted by Gasteiger charge is -2.36. The van der Waals surface area contributed by atoms with E-state index in [9.17, 15) is 14.7 Å². The number of anilines is 1.